The highest BCUT2D eigenvalue weighted by molar-refractivity contribution is 4.78. The molecule has 0 aromatic carbocycles. The lowest BCUT2D eigenvalue weighted by Gasteiger charge is -2.25. The first-order valence-electron chi connectivity index (χ1n) is 5.96. The second kappa shape index (κ2) is 7.12. The number of nitrogens with zero attached hydrogens (tertiary/aromatic N) is 1. The molecule has 1 saturated heterocycles. The molecule has 0 aromatic heterocycles. The van der Waals surface area contributed by atoms with E-state index in [9.17, 15) is 8.78 Å². The van der Waals surface area contributed by atoms with Crippen molar-refractivity contribution in [1.82, 2.24) is 10.2 Å². The van der Waals surface area contributed by atoms with Crippen LogP contribution in [0.1, 0.15) is 32.6 Å². The SMILES string of the molecule is CCCCN(CC(F)F)CC1CCCN1. The minimum absolute atomic E-state index is 0.0712. The highest BCUT2D eigenvalue weighted by Gasteiger charge is 2.19. The smallest absolute Gasteiger partial charge is 0.251 e. The van der Waals surface area contributed by atoms with Crippen molar-refractivity contribution in [2.24, 2.45) is 0 Å². The van der Waals surface area contributed by atoms with Crippen molar-refractivity contribution in [3.8, 4) is 0 Å². The molecule has 1 fully saturated rings. The van der Waals surface area contributed by atoms with E-state index in [0.717, 1.165) is 38.9 Å². The van der Waals surface area contributed by atoms with Crippen LogP contribution in [0.5, 0.6) is 0 Å². The Morgan fingerprint density at radius 1 is 1.47 bits per heavy atom. The molecule has 4 heteroatoms. The third kappa shape index (κ3) is 5.42. The molecule has 1 unspecified atom stereocenters. The van der Waals surface area contributed by atoms with E-state index in [2.05, 4.69) is 12.2 Å². The van der Waals surface area contributed by atoms with Gasteiger partial charge in [-0.3, -0.25) is 4.90 Å². The summed E-state index contributed by atoms with van der Waals surface area (Å²) in [5.41, 5.74) is 0. The van der Waals surface area contributed by atoms with Gasteiger partial charge < -0.3 is 5.32 Å². The second-order valence-electron chi connectivity index (χ2n) is 4.30. The molecule has 1 atom stereocenters. The van der Waals surface area contributed by atoms with E-state index < -0.39 is 6.43 Å². The van der Waals surface area contributed by atoms with E-state index in [1.807, 2.05) is 4.90 Å². The van der Waals surface area contributed by atoms with Crippen molar-refractivity contribution in [2.45, 2.75) is 45.1 Å². The number of unbranched alkanes of at least 4 members (excludes halogenated alkanes) is 1. The Bertz CT molecular complexity index is 159. The number of halogens is 2. The normalized spacial score (nSPS) is 21.8. The van der Waals surface area contributed by atoms with Gasteiger partial charge >= 0.3 is 0 Å². The molecule has 0 bridgehead atoms. The van der Waals surface area contributed by atoms with E-state index in [-0.39, 0.29) is 6.54 Å². The maximum absolute atomic E-state index is 12.3. The Morgan fingerprint density at radius 3 is 2.80 bits per heavy atom. The van der Waals surface area contributed by atoms with E-state index in [4.69, 9.17) is 0 Å². The number of nitrogens with one attached hydrogen (secondary N) is 1. The van der Waals surface area contributed by atoms with Crippen molar-refractivity contribution in [3.05, 3.63) is 0 Å². The Balaban J connectivity index is 2.26. The van der Waals surface area contributed by atoms with Crippen LogP contribution in [0.2, 0.25) is 0 Å². The zero-order valence-corrected chi connectivity index (χ0v) is 9.51. The lowest BCUT2D eigenvalue weighted by molar-refractivity contribution is 0.0834. The molecule has 90 valence electrons. The summed E-state index contributed by atoms with van der Waals surface area (Å²) in [6, 6.07) is 0.431. The number of rotatable bonds is 7. The van der Waals surface area contributed by atoms with Crippen LogP contribution in [0.4, 0.5) is 8.78 Å². The van der Waals surface area contributed by atoms with Gasteiger partial charge in [0.1, 0.15) is 0 Å². The molecule has 15 heavy (non-hydrogen) atoms. The first-order valence-corrected chi connectivity index (χ1v) is 5.96. The summed E-state index contributed by atoms with van der Waals surface area (Å²) >= 11 is 0. The largest absolute Gasteiger partial charge is 0.313 e. The molecule has 1 rings (SSSR count). The minimum atomic E-state index is -2.21. The fourth-order valence-electron chi connectivity index (χ4n) is 2.06. The van der Waals surface area contributed by atoms with Gasteiger partial charge in [0, 0.05) is 12.6 Å². The van der Waals surface area contributed by atoms with Gasteiger partial charge in [0.05, 0.1) is 6.54 Å². The molecule has 0 aromatic rings. The predicted molar refractivity (Wildman–Crippen MR) is 58.4 cm³/mol. The number of alkyl halides is 2. The lowest BCUT2D eigenvalue weighted by Crippen LogP contribution is -2.40. The van der Waals surface area contributed by atoms with Gasteiger partial charge in [-0.1, -0.05) is 13.3 Å². The summed E-state index contributed by atoms with van der Waals surface area (Å²) in [4.78, 5) is 1.90. The fourth-order valence-corrected chi connectivity index (χ4v) is 2.06. The molecule has 0 radical (unpaired) electrons. The van der Waals surface area contributed by atoms with Crippen molar-refractivity contribution >= 4 is 0 Å². The van der Waals surface area contributed by atoms with Crippen LogP contribution >= 0.6 is 0 Å². The maximum atomic E-state index is 12.3. The summed E-state index contributed by atoms with van der Waals surface area (Å²) in [6.07, 6.45) is 2.19. The molecule has 2 nitrogen and oxygen atoms in total. The average Bonchev–Trinajstić information content (AvgIpc) is 2.66. The molecule has 0 spiro atoms. The van der Waals surface area contributed by atoms with Crippen LogP contribution in [-0.4, -0.2) is 43.5 Å². The molecule has 1 aliphatic heterocycles. The number of hydrogen-bond acceptors (Lipinski definition) is 2. The quantitative estimate of drug-likeness (QED) is 0.707. The molecule has 1 N–H and O–H groups in total. The molecule has 0 saturated carbocycles. The molecular weight excluding hydrogens is 198 g/mol. The van der Waals surface area contributed by atoms with Gasteiger partial charge in [-0.15, -0.1) is 0 Å². The molecule has 0 aliphatic carbocycles. The van der Waals surface area contributed by atoms with Crippen LogP contribution in [0.3, 0.4) is 0 Å². The van der Waals surface area contributed by atoms with E-state index in [1.165, 1.54) is 6.42 Å². The summed E-state index contributed by atoms with van der Waals surface area (Å²) in [7, 11) is 0. The average molecular weight is 220 g/mol. The summed E-state index contributed by atoms with van der Waals surface area (Å²) in [5, 5.41) is 3.35. The van der Waals surface area contributed by atoms with E-state index in [1.54, 1.807) is 0 Å². The van der Waals surface area contributed by atoms with Crippen molar-refractivity contribution < 1.29 is 8.78 Å². The van der Waals surface area contributed by atoms with Gasteiger partial charge in [0.2, 0.25) is 0 Å². The van der Waals surface area contributed by atoms with Crippen LogP contribution in [-0.2, 0) is 0 Å². The van der Waals surface area contributed by atoms with Gasteiger partial charge in [0.15, 0.2) is 0 Å². The van der Waals surface area contributed by atoms with Crippen LogP contribution < -0.4 is 5.32 Å². The topological polar surface area (TPSA) is 15.3 Å². The Labute approximate surface area is 91.0 Å². The van der Waals surface area contributed by atoms with Crippen LogP contribution in [0.25, 0.3) is 0 Å². The van der Waals surface area contributed by atoms with Crippen molar-refractivity contribution in [2.75, 3.05) is 26.2 Å². The van der Waals surface area contributed by atoms with E-state index in [0.29, 0.717) is 6.04 Å². The summed E-state index contributed by atoms with van der Waals surface area (Å²) in [5.74, 6) is 0. The van der Waals surface area contributed by atoms with Crippen molar-refractivity contribution in [1.29, 1.82) is 0 Å². The van der Waals surface area contributed by atoms with Crippen molar-refractivity contribution in [3.63, 3.8) is 0 Å². The number of hydrogen-bond donors (Lipinski definition) is 1. The van der Waals surface area contributed by atoms with Crippen LogP contribution in [0, 0.1) is 0 Å². The zero-order chi connectivity index (χ0) is 11.1. The first-order chi connectivity index (χ1) is 7.22. The molecule has 1 heterocycles. The lowest BCUT2D eigenvalue weighted by atomic mass is 10.2. The molecular formula is C11H22F2N2. The standard InChI is InChI=1S/C11H22F2N2/c1-2-3-7-15(9-11(12)13)8-10-5-4-6-14-10/h10-11,14H,2-9H2,1H3. The van der Waals surface area contributed by atoms with Gasteiger partial charge in [-0.2, -0.15) is 0 Å². The maximum Gasteiger partial charge on any atom is 0.251 e. The monoisotopic (exact) mass is 220 g/mol. The third-order valence-electron chi connectivity index (χ3n) is 2.87. The summed E-state index contributed by atoms with van der Waals surface area (Å²) in [6.45, 7) is 4.65. The third-order valence-corrected chi connectivity index (χ3v) is 2.87. The fraction of sp³-hybridized carbons (Fsp3) is 1.00. The van der Waals surface area contributed by atoms with Gasteiger partial charge in [-0.05, 0) is 32.4 Å². The molecule has 0 amide bonds. The van der Waals surface area contributed by atoms with Gasteiger partial charge in [-0.25, -0.2) is 8.78 Å². The second-order valence-corrected chi connectivity index (χ2v) is 4.30. The van der Waals surface area contributed by atoms with Gasteiger partial charge in [0.25, 0.3) is 6.43 Å². The predicted octanol–water partition coefficient (Wildman–Crippen LogP) is 2.11. The zero-order valence-electron chi connectivity index (χ0n) is 9.51. The van der Waals surface area contributed by atoms with Crippen LogP contribution in [0.15, 0.2) is 0 Å². The minimum Gasteiger partial charge on any atom is -0.313 e. The Kier molecular flexibility index (Phi) is 6.10. The Hall–Kier alpha value is -0.220. The first kappa shape index (κ1) is 12.8. The molecule has 1 aliphatic rings. The summed E-state index contributed by atoms with van der Waals surface area (Å²) < 4.78 is 24.6. The highest BCUT2D eigenvalue weighted by atomic mass is 19.3. The Morgan fingerprint density at radius 2 is 2.27 bits per heavy atom. The van der Waals surface area contributed by atoms with E-state index >= 15 is 0 Å². The highest BCUT2D eigenvalue weighted by Crippen LogP contribution is 2.09.